The van der Waals surface area contributed by atoms with Crippen LogP contribution in [0.15, 0.2) is 109 Å². The van der Waals surface area contributed by atoms with Crippen LogP contribution in [-0.2, 0) is 4.79 Å². The Balaban J connectivity index is 0.987. The smallest absolute Gasteiger partial charge is 0.252 e. The highest BCUT2D eigenvalue weighted by Crippen LogP contribution is 2.37. The molecular formula is C44H39N3O5. The van der Waals surface area contributed by atoms with Gasteiger partial charge < -0.3 is 25.7 Å². The zero-order valence-electron chi connectivity index (χ0n) is 28.7. The summed E-state index contributed by atoms with van der Waals surface area (Å²) in [7, 11) is 0. The van der Waals surface area contributed by atoms with Crippen LogP contribution in [0.5, 0.6) is 0 Å². The molecule has 0 saturated heterocycles. The summed E-state index contributed by atoms with van der Waals surface area (Å²) in [6.07, 6.45) is 1.44. The molecule has 8 aromatic carbocycles. The van der Waals surface area contributed by atoms with Crippen LogP contribution in [0.4, 0.5) is 0 Å². The molecule has 0 radical (unpaired) electrons. The van der Waals surface area contributed by atoms with Crippen molar-refractivity contribution in [3.8, 4) is 0 Å². The summed E-state index contributed by atoms with van der Waals surface area (Å²) in [6.45, 7) is -0.0611. The first-order valence-corrected chi connectivity index (χ1v) is 17.9. The quantitative estimate of drug-likeness (QED) is 0.0769. The Labute approximate surface area is 300 Å². The van der Waals surface area contributed by atoms with E-state index >= 15 is 0 Å². The van der Waals surface area contributed by atoms with Gasteiger partial charge in [-0.2, -0.15) is 0 Å². The van der Waals surface area contributed by atoms with E-state index in [1.165, 1.54) is 4.90 Å². The number of aliphatic hydroxyl groups excluding tert-OH is 2. The number of nitrogens with zero attached hydrogens (tertiary/aromatic N) is 1. The lowest BCUT2D eigenvalue weighted by molar-refractivity contribution is -0.134. The molecule has 0 aromatic heterocycles. The average molecular weight is 690 g/mol. The number of aliphatic hydroxyl groups is 2. The number of nitrogens with one attached hydrogen (secondary N) is 2. The molecule has 0 saturated carbocycles. The molecule has 1 unspecified atom stereocenters. The van der Waals surface area contributed by atoms with Crippen LogP contribution >= 0.6 is 0 Å². The molecule has 8 rings (SSSR count). The number of hydrogen-bond donors (Lipinski definition) is 4. The van der Waals surface area contributed by atoms with Gasteiger partial charge in [0.1, 0.15) is 6.04 Å². The molecule has 3 amide bonds. The van der Waals surface area contributed by atoms with E-state index in [1.54, 1.807) is 6.07 Å². The second-order valence-corrected chi connectivity index (χ2v) is 13.5. The Kier molecular flexibility index (Phi) is 9.01. The van der Waals surface area contributed by atoms with Gasteiger partial charge in [-0.05, 0) is 96.0 Å². The largest absolute Gasteiger partial charge is 0.395 e. The van der Waals surface area contributed by atoms with Crippen molar-refractivity contribution in [3.63, 3.8) is 0 Å². The van der Waals surface area contributed by atoms with Crippen molar-refractivity contribution in [3.05, 3.63) is 120 Å². The Bertz CT molecular complexity index is 2560. The number of hydrogen-bond acceptors (Lipinski definition) is 5. The lowest BCUT2D eigenvalue weighted by Gasteiger charge is -2.27. The van der Waals surface area contributed by atoms with Crippen molar-refractivity contribution in [1.29, 1.82) is 0 Å². The van der Waals surface area contributed by atoms with E-state index in [1.807, 2.05) is 48.5 Å². The van der Waals surface area contributed by atoms with Crippen LogP contribution in [0.1, 0.15) is 40.0 Å². The minimum Gasteiger partial charge on any atom is -0.395 e. The van der Waals surface area contributed by atoms with Crippen LogP contribution in [0.3, 0.4) is 0 Å². The predicted molar refractivity (Wildman–Crippen MR) is 208 cm³/mol. The number of benzene rings is 8. The van der Waals surface area contributed by atoms with Gasteiger partial charge in [-0.3, -0.25) is 14.4 Å². The third kappa shape index (κ3) is 5.89. The van der Waals surface area contributed by atoms with Gasteiger partial charge in [-0.1, -0.05) is 97.1 Å². The fourth-order valence-electron chi connectivity index (χ4n) is 7.92. The molecule has 0 aliphatic heterocycles. The summed E-state index contributed by atoms with van der Waals surface area (Å²) in [5.41, 5.74) is 1.09. The molecule has 0 heterocycles. The van der Waals surface area contributed by atoms with E-state index < -0.39 is 6.04 Å². The fourth-order valence-corrected chi connectivity index (χ4v) is 7.92. The Morgan fingerprint density at radius 1 is 0.538 bits per heavy atom. The van der Waals surface area contributed by atoms with Crippen molar-refractivity contribution in [1.82, 2.24) is 15.5 Å². The lowest BCUT2D eigenvalue weighted by Crippen LogP contribution is -2.50. The van der Waals surface area contributed by atoms with Crippen LogP contribution < -0.4 is 10.6 Å². The van der Waals surface area contributed by atoms with E-state index in [0.29, 0.717) is 36.9 Å². The van der Waals surface area contributed by atoms with Crippen molar-refractivity contribution in [2.45, 2.75) is 25.3 Å². The van der Waals surface area contributed by atoms with Crippen molar-refractivity contribution in [2.75, 3.05) is 32.8 Å². The Morgan fingerprint density at radius 3 is 1.48 bits per heavy atom. The zero-order valence-corrected chi connectivity index (χ0v) is 28.7. The topological polar surface area (TPSA) is 119 Å². The predicted octanol–water partition coefficient (Wildman–Crippen LogP) is 6.99. The number of carbonyl (C=O) groups excluding carboxylic acids is 3. The second-order valence-electron chi connectivity index (χ2n) is 13.5. The van der Waals surface area contributed by atoms with Crippen LogP contribution in [0.2, 0.25) is 0 Å². The molecule has 0 aliphatic carbocycles. The first-order valence-electron chi connectivity index (χ1n) is 17.9. The number of rotatable bonds is 13. The molecule has 8 nitrogen and oxygen atoms in total. The van der Waals surface area contributed by atoms with Crippen molar-refractivity contribution in [2.24, 2.45) is 0 Å². The monoisotopic (exact) mass is 689 g/mol. The third-order valence-corrected chi connectivity index (χ3v) is 10.4. The second kappa shape index (κ2) is 14.1. The van der Waals surface area contributed by atoms with E-state index in [9.17, 15) is 24.6 Å². The number of unbranched alkanes of at least 4 members (excludes halogenated alkanes) is 1. The molecule has 4 N–H and O–H groups in total. The molecular weight excluding hydrogens is 650 g/mol. The van der Waals surface area contributed by atoms with E-state index in [2.05, 4.69) is 65.2 Å². The highest BCUT2D eigenvalue weighted by Gasteiger charge is 2.27. The number of amides is 3. The summed E-state index contributed by atoms with van der Waals surface area (Å²) in [5.74, 6) is -0.900. The van der Waals surface area contributed by atoms with E-state index in [4.69, 9.17) is 0 Å². The first-order chi connectivity index (χ1) is 25.5. The molecule has 260 valence electrons. The van der Waals surface area contributed by atoms with E-state index in [-0.39, 0.29) is 44.0 Å². The molecule has 0 fully saturated rings. The van der Waals surface area contributed by atoms with Gasteiger partial charge in [0, 0.05) is 30.8 Å². The maximum absolute atomic E-state index is 14.0. The van der Waals surface area contributed by atoms with E-state index in [0.717, 1.165) is 64.6 Å². The van der Waals surface area contributed by atoms with Gasteiger partial charge in [0.15, 0.2) is 0 Å². The van der Waals surface area contributed by atoms with Gasteiger partial charge in [-0.25, -0.2) is 0 Å². The maximum atomic E-state index is 14.0. The van der Waals surface area contributed by atoms with Crippen molar-refractivity contribution < 1.29 is 24.6 Å². The van der Waals surface area contributed by atoms with Crippen LogP contribution in [0.25, 0.3) is 64.6 Å². The summed E-state index contributed by atoms with van der Waals surface area (Å²) >= 11 is 0. The third-order valence-electron chi connectivity index (χ3n) is 10.4. The standard InChI is InChI=1S/C44H39N3O5/c48-25-23-47(24-26-49)44(52)37(46-43(51)36-21-17-32-13-11-28-6-4-8-30-15-19-34(36)41(32)39(28)30)9-1-2-22-45-42(50)35-20-16-31-12-10-27-5-3-7-29-14-18-33(35)40(31)38(27)29/h3-8,10-21,37,48-49H,1-2,9,22-26H2,(H,45,50)(H,46,51). The summed E-state index contributed by atoms with van der Waals surface area (Å²) in [6, 6.07) is 35.5. The average Bonchev–Trinajstić information content (AvgIpc) is 3.17. The van der Waals surface area contributed by atoms with Gasteiger partial charge in [-0.15, -0.1) is 0 Å². The minimum absolute atomic E-state index is 0.0415. The zero-order chi connectivity index (χ0) is 35.8. The highest BCUT2D eigenvalue weighted by molar-refractivity contribution is 6.27. The highest BCUT2D eigenvalue weighted by atomic mass is 16.3. The van der Waals surface area contributed by atoms with Gasteiger partial charge in [0.2, 0.25) is 5.91 Å². The maximum Gasteiger partial charge on any atom is 0.252 e. The Morgan fingerprint density at radius 2 is 0.981 bits per heavy atom. The van der Waals surface area contributed by atoms with Crippen LogP contribution in [0, 0.1) is 0 Å². The lowest BCUT2D eigenvalue weighted by atomic mass is 9.91. The van der Waals surface area contributed by atoms with Crippen LogP contribution in [-0.4, -0.2) is 71.7 Å². The molecule has 1 atom stereocenters. The van der Waals surface area contributed by atoms with Gasteiger partial charge >= 0.3 is 0 Å². The molecule has 52 heavy (non-hydrogen) atoms. The molecule has 0 aliphatic rings. The van der Waals surface area contributed by atoms with Gasteiger partial charge in [0.25, 0.3) is 11.8 Å². The summed E-state index contributed by atoms with van der Waals surface area (Å²) < 4.78 is 0. The first kappa shape index (κ1) is 33.3. The minimum atomic E-state index is -0.891. The normalized spacial score (nSPS) is 12.4. The SMILES string of the molecule is O=C(NCCCCC(NC(=O)c1ccc2ccc3cccc4ccc1c2c34)C(=O)N(CCO)CCO)c1ccc2ccc3cccc4ccc1c2c34. The summed E-state index contributed by atoms with van der Waals surface area (Å²) in [5, 5.41) is 38.0. The fraction of sp³-hybridized carbons (Fsp3) is 0.205. The van der Waals surface area contributed by atoms with Gasteiger partial charge in [0.05, 0.1) is 13.2 Å². The van der Waals surface area contributed by atoms with Crippen molar-refractivity contribution >= 4 is 82.4 Å². The summed E-state index contributed by atoms with van der Waals surface area (Å²) in [4.78, 5) is 42.6. The molecule has 0 bridgehead atoms. The number of carbonyl (C=O) groups is 3. The molecule has 8 aromatic rings. The Hall–Kier alpha value is -5.83. The molecule has 8 heteroatoms. The molecule has 0 spiro atoms.